The third-order valence-electron chi connectivity index (χ3n) is 7.13. The van der Waals surface area contributed by atoms with Gasteiger partial charge in [0.1, 0.15) is 6.61 Å². The molecular weight excluding hydrogens is 502 g/mol. The van der Waals surface area contributed by atoms with Gasteiger partial charge in [0, 0.05) is 16.9 Å². The molecule has 0 saturated carbocycles. The van der Waals surface area contributed by atoms with Crippen LogP contribution in [-0.2, 0) is 27.6 Å². The molecule has 2 heterocycles. The van der Waals surface area contributed by atoms with Crippen molar-refractivity contribution in [2.45, 2.75) is 38.8 Å². The van der Waals surface area contributed by atoms with E-state index in [1.165, 1.54) is 0 Å². The highest BCUT2D eigenvalue weighted by atomic mass is 32.2. The number of nitrogens with zero attached hydrogens (tertiary/aromatic N) is 1. The van der Waals surface area contributed by atoms with Gasteiger partial charge in [-0.05, 0) is 65.3 Å². The summed E-state index contributed by atoms with van der Waals surface area (Å²) in [5.74, 6) is -0.648. The molecule has 3 aromatic rings. The maximum absolute atomic E-state index is 12.7. The van der Waals surface area contributed by atoms with Crippen LogP contribution < -0.4 is 14.9 Å². The second-order valence-electron chi connectivity index (χ2n) is 10.7. The topological polar surface area (TPSA) is 105 Å². The number of hydrogen-bond donors (Lipinski definition) is 2. The van der Waals surface area contributed by atoms with Crippen molar-refractivity contribution >= 4 is 33.4 Å². The number of benzene rings is 3. The highest BCUT2D eigenvalue weighted by Crippen LogP contribution is 2.45. The Bertz CT molecular complexity index is 1490. The fraction of sp³-hybridized carbons (Fsp3) is 0.310. The Kier molecular flexibility index (Phi) is 6.65. The molecule has 0 radical (unpaired) electrons. The van der Waals surface area contributed by atoms with Crippen LogP contribution in [0.25, 0.3) is 0 Å². The van der Waals surface area contributed by atoms with Gasteiger partial charge in [0.2, 0.25) is 10.0 Å². The van der Waals surface area contributed by atoms with Gasteiger partial charge in [-0.3, -0.25) is 9.69 Å². The van der Waals surface area contributed by atoms with E-state index in [9.17, 15) is 18.0 Å². The molecule has 2 aliphatic heterocycles. The Morgan fingerprint density at radius 1 is 1.08 bits per heavy atom. The first kappa shape index (κ1) is 25.8. The van der Waals surface area contributed by atoms with Crippen LogP contribution in [-0.4, -0.2) is 39.3 Å². The lowest BCUT2D eigenvalue weighted by Crippen LogP contribution is -2.37. The van der Waals surface area contributed by atoms with Crippen LogP contribution in [0.3, 0.4) is 0 Å². The van der Waals surface area contributed by atoms with E-state index in [1.807, 2.05) is 47.2 Å². The van der Waals surface area contributed by atoms with Gasteiger partial charge in [0.25, 0.3) is 5.91 Å². The van der Waals surface area contributed by atoms with Gasteiger partial charge in [-0.25, -0.2) is 17.9 Å². The van der Waals surface area contributed by atoms with Gasteiger partial charge in [-0.2, -0.15) is 0 Å². The molecule has 9 heteroatoms. The monoisotopic (exact) mass is 533 g/mol. The molecule has 1 unspecified atom stereocenters. The number of hydrogen-bond acceptors (Lipinski definition) is 6. The quantitative estimate of drug-likeness (QED) is 0.477. The molecule has 0 spiro atoms. The first-order chi connectivity index (χ1) is 18.0. The van der Waals surface area contributed by atoms with E-state index < -0.39 is 15.9 Å². The third kappa shape index (κ3) is 5.38. The zero-order valence-corrected chi connectivity index (χ0v) is 22.4. The van der Waals surface area contributed by atoms with E-state index in [4.69, 9.17) is 4.74 Å². The van der Waals surface area contributed by atoms with Gasteiger partial charge in [-0.15, -0.1) is 0 Å². The number of sulfonamides is 1. The summed E-state index contributed by atoms with van der Waals surface area (Å²) in [4.78, 5) is 26.9. The van der Waals surface area contributed by atoms with Crippen LogP contribution in [0.4, 0.5) is 16.2 Å². The van der Waals surface area contributed by atoms with E-state index in [2.05, 4.69) is 37.4 Å². The largest absolute Gasteiger partial charge is 0.447 e. The van der Waals surface area contributed by atoms with Crippen LogP contribution >= 0.6 is 0 Å². The number of cyclic esters (lactones) is 1. The summed E-state index contributed by atoms with van der Waals surface area (Å²) in [5, 5.41) is 3.61. The van der Waals surface area contributed by atoms with Crippen molar-refractivity contribution < 1.29 is 22.7 Å². The Morgan fingerprint density at radius 2 is 1.84 bits per heavy atom. The molecule has 3 aromatic carbocycles. The van der Waals surface area contributed by atoms with Gasteiger partial charge < -0.3 is 10.1 Å². The first-order valence-corrected chi connectivity index (χ1v) is 14.4. The Labute approximate surface area is 223 Å². The SMILES string of the molecule is CC1(C)Cc2cc(C(=O)NS(C)(=O)=O)ccc2NC1c1cccc(N2C(=O)OC[C@H]2Cc2ccccc2)c1. The predicted octanol–water partition coefficient (Wildman–Crippen LogP) is 4.68. The molecule has 2 atom stereocenters. The molecule has 1 saturated heterocycles. The van der Waals surface area contributed by atoms with Crippen molar-refractivity contribution in [2.75, 3.05) is 23.1 Å². The number of carbonyl (C=O) groups excluding carboxylic acids is 2. The predicted molar refractivity (Wildman–Crippen MR) is 147 cm³/mol. The summed E-state index contributed by atoms with van der Waals surface area (Å²) < 4.78 is 30.4. The van der Waals surface area contributed by atoms with Crippen molar-refractivity contribution in [1.82, 2.24) is 4.72 Å². The maximum atomic E-state index is 12.7. The Hall–Kier alpha value is -3.85. The molecule has 2 N–H and O–H groups in total. The number of rotatable bonds is 6. The van der Waals surface area contributed by atoms with Crippen molar-refractivity contribution in [3.63, 3.8) is 0 Å². The molecule has 5 rings (SSSR count). The van der Waals surface area contributed by atoms with Crippen LogP contribution in [0.2, 0.25) is 0 Å². The highest BCUT2D eigenvalue weighted by molar-refractivity contribution is 7.89. The molecule has 0 aromatic heterocycles. The van der Waals surface area contributed by atoms with Crippen LogP contribution in [0.15, 0.2) is 72.8 Å². The molecule has 1 fully saturated rings. The zero-order valence-electron chi connectivity index (χ0n) is 21.6. The van der Waals surface area contributed by atoms with Gasteiger partial charge in [-0.1, -0.05) is 56.3 Å². The molecule has 198 valence electrons. The molecule has 0 aliphatic carbocycles. The molecule has 0 bridgehead atoms. The smallest absolute Gasteiger partial charge is 0.414 e. The normalized spacial score (nSPS) is 20.3. The van der Waals surface area contributed by atoms with Gasteiger partial charge in [0.05, 0.1) is 18.3 Å². The first-order valence-electron chi connectivity index (χ1n) is 12.5. The highest BCUT2D eigenvalue weighted by Gasteiger charge is 2.38. The Balaban J connectivity index is 1.40. The average Bonchev–Trinajstić information content (AvgIpc) is 3.22. The molecule has 2 aliphatic rings. The number of nitrogens with one attached hydrogen (secondary N) is 2. The third-order valence-corrected chi connectivity index (χ3v) is 7.69. The summed E-state index contributed by atoms with van der Waals surface area (Å²) in [7, 11) is -3.65. The van der Waals surface area contributed by atoms with E-state index in [-0.39, 0.29) is 23.6 Å². The number of carbonyl (C=O) groups is 2. The fourth-order valence-electron chi connectivity index (χ4n) is 5.40. The molecular formula is C29H31N3O5S. The van der Waals surface area contributed by atoms with E-state index in [0.717, 1.165) is 34.3 Å². The number of anilines is 2. The summed E-state index contributed by atoms with van der Waals surface area (Å²) in [6, 6.07) is 23.1. The average molecular weight is 534 g/mol. The molecule has 2 amide bonds. The summed E-state index contributed by atoms with van der Waals surface area (Å²) in [6.07, 6.45) is 1.99. The minimum absolute atomic E-state index is 0.0585. The lowest BCUT2D eigenvalue weighted by molar-refractivity contribution is 0.0981. The number of ether oxygens (including phenoxy) is 1. The van der Waals surface area contributed by atoms with Gasteiger partial charge in [0.15, 0.2) is 0 Å². The van der Waals surface area contributed by atoms with Gasteiger partial charge >= 0.3 is 6.09 Å². The van der Waals surface area contributed by atoms with Crippen LogP contribution in [0.5, 0.6) is 0 Å². The van der Waals surface area contributed by atoms with E-state index >= 15 is 0 Å². The lowest BCUT2D eigenvalue weighted by Gasteiger charge is -2.41. The second kappa shape index (κ2) is 9.79. The van der Waals surface area contributed by atoms with E-state index in [0.29, 0.717) is 25.0 Å². The van der Waals surface area contributed by atoms with Crippen molar-refractivity contribution in [3.8, 4) is 0 Å². The second-order valence-corrected chi connectivity index (χ2v) is 12.5. The number of amides is 2. The standard InChI is InChI=1S/C29H31N3O5S/c1-29(2)17-22-15-21(27(33)31-38(3,35)36)12-13-25(22)30-26(29)20-10-7-11-23(16-20)32-24(18-37-28(32)34)14-19-8-5-4-6-9-19/h4-13,15-16,24,26,30H,14,17-18H2,1-3H3,(H,31,33)/t24-,26?/m1/s1. The van der Waals surface area contributed by atoms with Crippen LogP contribution in [0.1, 0.15) is 46.9 Å². The summed E-state index contributed by atoms with van der Waals surface area (Å²) >= 11 is 0. The van der Waals surface area contributed by atoms with Crippen LogP contribution in [0, 0.1) is 5.41 Å². The zero-order chi connectivity index (χ0) is 27.1. The minimum atomic E-state index is -3.65. The molecule has 8 nitrogen and oxygen atoms in total. The van der Waals surface area contributed by atoms with Crippen molar-refractivity contribution in [1.29, 1.82) is 0 Å². The van der Waals surface area contributed by atoms with E-state index in [1.54, 1.807) is 17.0 Å². The molecule has 38 heavy (non-hydrogen) atoms. The van der Waals surface area contributed by atoms with Crippen molar-refractivity contribution in [2.24, 2.45) is 5.41 Å². The van der Waals surface area contributed by atoms with Crippen molar-refractivity contribution in [3.05, 3.63) is 95.1 Å². The Morgan fingerprint density at radius 3 is 2.58 bits per heavy atom. The lowest BCUT2D eigenvalue weighted by atomic mass is 9.72. The minimum Gasteiger partial charge on any atom is -0.447 e. The fourth-order valence-corrected chi connectivity index (χ4v) is 5.85. The number of fused-ring (bicyclic) bond motifs is 1. The summed E-state index contributed by atoms with van der Waals surface area (Å²) in [5.41, 5.74) is 4.86. The summed E-state index contributed by atoms with van der Waals surface area (Å²) in [6.45, 7) is 4.63. The maximum Gasteiger partial charge on any atom is 0.414 e.